The van der Waals surface area contributed by atoms with E-state index >= 15 is 0 Å². The van der Waals surface area contributed by atoms with Crippen LogP contribution in [0.4, 0.5) is 5.69 Å². The van der Waals surface area contributed by atoms with Gasteiger partial charge in [-0.1, -0.05) is 29.8 Å². The van der Waals surface area contributed by atoms with Crippen molar-refractivity contribution in [3.05, 3.63) is 75.7 Å². The lowest BCUT2D eigenvalue weighted by molar-refractivity contribution is -0.119. The van der Waals surface area contributed by atoms with Crippen LogP contribution in [0.5, 0.6) is 11.5 Å². The van der Waals surface area contributed by atoms with Crippen molar-refractivity contribution < 1.29 is 28.6 Å². The number of carbonyl (C=O) groups is 3. The molecule has 192 valence electrons. The van der Waals surface area contributed by atoms with Gasteiger partial charge in [-0.25, -0.2) is 0 Å². The van der Waals surface area contributed by atoms with Gasteiger partial charge in [-0.05, 0) is 49.6 Å². The molecule has 8 heteroatoms. The monoisotopic (exact) mass is 521 g/mol. The third kappa shape index (κ3) is 5.14. The van der Waals surface area contributed by atoms with Crippen LogP contribution in [0, 0.1) is 0 Å². The van der Waals surface area contributed by atoms with Crippen molar-refractivity contribution in [3.63, 3.8) is 0 Å². The normalized spacial score (nSPS) is 17.7. The summed E-state index contributed by atoms with van der Waals surface area (Å²) in [6.07, 6.45) is 3.73. The number of halogens is 1. The SMILES string of the molecule is CCOc1cc(C2C3=C(CCCC3=O)OC3=C2C(=O)CCC3)ccc1OCC(=O)Nc1ccccc1Cl. The lowest BCUT2D eigenvalue weighted by atomic mass is 9.73. The zero-order valence-corrected chi connectivity index (χ0v) is 21.4. The van der Waals surface area contributed by atoms with Crippen molar-refractivity contribution in [1.29, 1.82) is 0 Å². The quantitative estimate of drug-likeness (QED) is 0.489. The van der Waals surface area contributed by atoms with Gasteiger partial charge in [-0.2, -0.15) is 0 Å². The molecule has 5 rings (SSSR count). The largest absolute Gasteiger partial charge is 0.490 e. The highest BCUT2D eigenvalue weighted by atomic mass is 35.5. The fraction of sp³-hybridized carbons (Fsp3) is 0.345. The van der Waals surface area contributed by atoms with Crippen molar-refractivity contribution >= 4 is 34.8 Å². The lowest BCUT2D eigenvalue weighted by Gasteiger charge is -2.36. The number of hydrogen-bond acceptors (Lipinski definition) is 6. The number of benzene rings is 2. The van der Waals surface area contributed by atoms with Crippen molar-refractivity contribution in [2.45, 2.75) is 51.4 Å². The van der Waals surface area contributed by atoms with Crippen LogP contribution >= 0.6 is 11.6 Å². The van der Waals surface area contributed by atoms with Gasteiger partial charge in [0.15, 0.2) is 29.7 Å². The molecule has 0 unspecified atom stereocenters. The Bertz CT molecular complexity index is 1290. The Morgan fingerprint density at radius 1 is 0.946 bits per heavy atom. The second-order valence-corrected chi connectivity index (χ2v) is 9.63. The minimum absolute atomic E-state index is 0.0192. The Hall–Kier alpha value is -3.58. The molecule has 37 heavy (non-hydrogen) atoms. The standard InChI is InChI=1S/C29H28ClNO6/c1-2-35-25-15-17(13-14-22(25)36-16-26(34)31-19-8-4-3-7-18(19)30)27-28-20(32)9-5-11-23(28)37-24-12-6-10-21(33)29(24)27/h3-4,7-8,13-15,27H,2,5-6,9-12,16H2,1H3,(H,31,34). The molecule has 2 aromatic carbocycles. The highest BCUT2D eigenvalue weighted by molar-refractivity contribution is 6.33. The van der Waals surface area contributed by atoms with E-state index in [2.05, 4.69) is 5.32 Å². The summed E-state index contributed by atoms with van der Waals surface area (Å²) in [6, 6.07) is 12.3. The van der Waals surface area contributed by atoms with Gasteiger partial charge in [-0.3, -0.25) is 14.4 Å². The number of Topliss-reactive ketones (excluding diaryl/α,β-unsaturated/α-hetero) is 2. The van der Waals surface area contributed by atoms with Gasteiger partial charge in [0.05, 0.1) is 17.3 Å². The van der Waals surface area contributed by atoms with Gasteiger partial charge in [0.25, 0.3) is 5.91 Å². The van der Waals surface area contributed by atoms with Gasteiger partial charge < -0.3 is 19.5 Å². The van der Waals surface area contributed by atoms with E-state index in [4.69, 9.17) is 25.8 Å². The number of carbonyl (C=O) groups excluding carboxylic acids is 3. The van der Waals surface area contributed by atoms with E-state index in [1.807, 2.05) is 13.0 Å². The van der Waals surface area contributed by atoms with Crippen LogP contribution < -0.4 is 14.8 Å². The molecule has 1 N–H and O–H groups in total. The molecule has 0 bridgehead atoms. The van der Waals surface area contributed by atoms with Gasteiger partial charge in [-0.15, -0.1) is 0 Å². The smallest absolute Gasteiger partial charge is 0.262 e. The summed E-state index contributed by atoms with van der Waals surface area (Å²) in [5.74, 6) is 1.38. The predicted molar refractivity (Wildman–Crippen MR) is 139 cm³/mol. The van der Waals surface area contributed by atoms with Crippen LogP contribution in [-0.4, -0.2) is 30.7 Å². The van der Waals surface area contributed by atoms with Crippen LogP contribution in [-0.2, 0) is 19.1 Å². The van der Waals surface area contributed by atoms with Crippen LogP contribution in [0.25, 0.3) is 0 Å². The number of rotatable bonds is 7. The van der Waals surface area contributed by atoms with E-state index in [0.29, 0.717) is 77.2 Å². The van der Waals surface area contributed by atoms with Crippen molar-refractivity contribution in [2.24, 2.45) is 0 Å². The van der Waals surface area contributed by atoms with E-state index in [0.717, 1.165) is 18.4 Å². The fourth-order valence-electron chi connectivity index (χ4n) is 5.13. The number of ketones is 2. The van der Waals surface area contributed by atoms with Crippen LogP contribution in [0.2, 0.25) is 5.02 Å². The van der Waals surface area contributed by atoms with E-state index in [9.17, 15) is 14.4 Å². The number of ether oxygens (including phenoxy) is 3. The first-order valence-electron chi connectivity index (χ1n) is 12.6. The number of allylic oxidation sites excluding steroid dienone is 4. The van der Waals surface area contributed by atoms with Crippen molar-refractivity contribution in [3.8, 4) is 11.5 Å². The second kappa shape index (κ2) is 10.8. The molecule has 0 spiro atoms. The van der Waals surface area contributed by atoms with Crippen LogP contribution in [0.15, 0.2) is 65.1 Å². The molecule has 0 radical (unpaired) electrons. The fourth-order valence-corrected chi connectivity index (χ4v) is 5.32. The van der Waals surface area contributed by atoms with E-state index in [-0.39, 0.29) is 24.1 Å². The summed E-state index contributed by atoms with van der Waals surface area (Å²) in [7, 11) is 0. The van der Waals surface area contributed by atoms with E-state index < -0.39 is 5.92 Å². The van der Waals surface area contributed by atoms with Crippen molar-refractivity contribution in [1.82, 2.24) is 0 Å². The number of hydrogen-bond donors (Lipinski definition) is 1. The van der Waals surface area contributed by atoms with Gasteiger partial charge in [0.1, 0.15) is 11.5 Å². The zero-order valence-electron chi connectivity index (χ0n) is 20.6. The van der Waals surface area contributed by atoms with Crippen LogP contribution in [0.3, 0.4) is 0 Å². The van der Waals surface area contributed by atoms with E-state index in [1.54, 1.807) is 36.4 Å². The molecule has 0 aromatic heterocycles. The van der Waals surface area contributed by atoms with E-state index in [1.165, 1.54) is 0 Å². The first-order valence-corrected chi connectivity index (χ1v) is 13.0. The summed E-state index contributed by atoms with van der Waals surface area (Å²) in [5.41, 5.74) is 2.43. The first-order chi connectivity index (χ1) is 18.0. The Morgan fingerprint density at radius 3 is 2.27 bits per heavy atom. The minimum atomic E-state index is -0.490. The molecular formula is C29H28ClNO6. The summed E-state index contributed by atoms with van der Waals surface area (Å²) in [6.45, 7) is 1.98. The number of anilines is 1. The molecule has 0 atom stereocenters. The summed E-state index contributed by atoms with van der Waals surface area (Å²) >= 11 is 6.12. The topological polar surface area (TPSA) is 90.9 Å². The third-order valence-electron chi connectivity index (χ3n) is 6.75. The molecule has 1 amide bonds. The first kappa shape index (κ1) is 25.1. The maximum atomic E-state index is 13.0. The third-order valence-corrected chi connectivity index (χ3v) is 7.08. The second-order valence-electron chi connectivity index (χ2n) is 9.22. The molecule has 1 aliphatic heterocycles. The minimum Gasteiger partial charge on any atom is -0.490 e. The Labute approximate surface area is 220 Å². The molecule has 0 fully saturated rings. The molecule has 2 aromatic rings. The maximum absolute atomic E-state index is 13.0. The summed E-state index contributed by atoms with van der Waals surface area (Å²) in [5, 5.41) is 3.16. The average Bonchev–Trinajstić information content (AvgIpc) is 2.89. The van der Waals surface area contributed by atoms with Gasteiger partial charge in [0.2, 0.25) is 0 Å². The predicted octanol–water partition coefficient (Wildman–Crippen LogP) is 5.88. The maximum Gasteiger partial charge on any atom is 0.262 e. The molecule has 3 aliphatic rings. The number of amides is 1. The number of para-hydroxylation sites is 1. The average molecular weight is 522 g/mol. The Morgan fingerprint density at radius 2 is 1.62 bits per heavy atom. The number of nitrogens with one attached hydrogen (secondary N) is 1. The molecular weight excluding hydrogens is 494 g/mol. The molecule has 0 saturated carbocycles. The Balaban J connectivity index is 1.43. The lowest BCUT2D eigenvalue weighted by Crippen LogP contribution is -2.30. The summed E-state index contributed by atoms with van der Waals surface area (Å²) in [4.78, 5) is 38.6. The highest BCUT2D eigenvalue weighted by Gasteiger charge is 2.42. The molecule has 2 aliphatic carbocycles. The molecule has 7 nitrogen and oxygen atoms in total. The highest BCUT2D eigenvalue weighted by Crippen LogP contribution is 2.48. The van der Waals surface area contributed by atoms with Gasteiger partial charge in [0, 0.05) is 42.7 Å². The summed E-state index contributed by atoms with van der Waals surface area (Å²) < 4.78 is 17.8. The van der Waals surface area contributed by atoms with Crippen molar-refractivity contribution in [2.75, 3.05) is 18.5 Å². The van der Waals surface area contributed by atoms with Crippen LogP contribution in [0.1, 0.15) is 56.9 Å². The Kier molecular flexibility index (Phi) is 7.33. The van der Waals surface area contributed by atoms with Gasteiger partial charge >= 0.3 is 0 Å². The zero-order chi connectivity index (χ0) is 25.9. The molecule has 1 heterocycles. The molecule has 0 saturated heterocycles.